The van der Waals surface area contributed by atoms with Gasteiger partial charge in [-0.25, -0.2) is 16.8 Å². The van der Waals surface area contributed by atoms with Crippen LogP contribution in [-0.4, -0.2) is 35.1 Å². The third-order valence-electron chi connectivity index (χ3n) is 5.53. The van der Waals surface area contributed by atoms with E-state index < -0.39 is 19.7 Å². The minimum Gasteiger partial charge on any atom is -0.289 e. The molecule has 0 aromatic heterocycles. The summed E-state index contributed by atoms with van der Waals surface area (Å²) in [6, 6.07) is 27.6. The van der Waals surface area contributed by atoms with Gasteiger partial charge in [0.25, 0.3) is 0 Å². The summed E-state index contributed by atoms with van der Waals surface area (Å²) in [6.45, 7) is 0. The second-order valence-corrected chi connectivity index (χ2v) is 12.1. The lowest BCUT2D eigenvalue weighted by molar-refractivity contribution is 0.103. The van der Waals surface area contributed by atoms with E-state index in [0.29, 0.717) is 11.1 Å². The average Bonchev–Trinajstić information content (AvgIpc) is 2.83. The average molecular weight is 491 g/mol. The monoisotopic (exact) mass is 490 g/mol. The molecule has 0 aliphatic heterocycles. The summed E-state index contributed by atoms with van der Waals surface area (Å²) in [5, 5.41) is 0. The van der Waals surface area contributed by atoms with Crippen molar-refractivity contribution in [3.05, 3.63) is 108 Å². The minimum absolute atomic E-state index is 0.113. The van der Waals surface area contributed by atoms with Crippen LogP contribution in [-0.2, 0) is 19.7 Å². The Kier molecular flexibility index (Phi) is 6.25. The summed E-state index contributed by atoms with van der Waals surface area (Å²) >= 11 is 0. The lowest BCUT2D eigenvalue weighted by atomic mass is 9.97. The fourth-order valence-electron chi connectivity index (χ4n) is 3.58. The maximum atomic E-state index is 12.9. The maximum Gasteiger partial charge on any atom is 0.193 e. The molecule has 0 N–H and O–H groups in total. The van der Waals surface area contributed by atoms with Crippen LogP contribution in [0.2, 0.25) is 0 Å². The van der Waals surface area contributed by atoms with E-state index in [0.717, 1.165) is 22.3 Å². The van der Waals surface area contributed by atoms with E-state index in [2.05, 4.69) is 0 Å². The van der Waals surface area contributed by atoms with Crippen molar-refractivity contribution in [3.63, 3.8) is 0 Å². The molecule has 0 amide bonds. The molecule has 0 heterocycles. The Morgan fingerprint density at radius 1 is 0.441 bits per heavy atom. The zero-order valence-electron chi connectivity index (χ0n) is 18.6. The highest BCUT2D eigenvalue weighted by molar-refractivity contribution is 7.91. The van der Waals surface area contributed by atoms with Crippen molar-refractivity contribution < 1.29 is 21.6 Å². The smallest absolute Gasteiger partial charge is 0.193 e. The van der Waals surface area contributed by atoms with Gasteiger partial charge in [0, 0.05) is 23.6 Å². The number of carbonyl (C=O) groups excluding carboxylic acids is 1. The molecule has 0 aliphatic rings. The normalized spacial score (nSPS) is 11.8. The molecule has 4 aromatic rings. The molecule has 0 radical (unpaired) electrons. The second kappa shape index (κ2) is 9.00. The van der Waals surface area contributed by atoms with Gasteiger partial charge in [-0.05, 0) is 46.5 Å². The molecule has 7 heteroatoms. The molecule has 172 valence electrons. The molecular formula is C27H22O5S2. The van der Waals surface area contributed by atoms with Crippen molar-refractivity contribution >= 4 is 25.5 Å². The molecule has 0 saturated carbocycles. The molecule has 0 aliphatic carbocycles. The van der Waals surface area contributed by atoms with Crippen LogP contribution in [0.4, 0.5) is 0 Å². The van der Waals surface area contributed by atoms with E-state index in [1.54, 1.807) is 72.8 Å². The van der Waals surface area contributed by atoms with E-state index in [1.165, 1.54) is 12.5 Å². The van der Waals surface area contributed by atoms with Crippen LogP contribution in [0.5, 0.6) is 0 Å². The Labute approximate surface area is 199 Å². The molecule has 4 rings (SSSR count). The zero-order valence-corrected chi connectivity index (χ0v) is 20.2. The first-order valence-corrected chi connectivity index (χ1v) is 14.2. The van der Waals surface area contributed by atoms with Gasteiger partial charge < -0.3 is 0 Å². The van der Waals surface area contributed by atoms with Gasteiger partial charge in [0.1, 0.15) is 0 Å². The fourth-order valence-corrected chi connectivity index (χ4v) is 4.84. The topological polar surface area (TPSA) is 85.3 Å². The van der Waals surface area contributed by atoms with Crippen molar-refractivity contribution in [1.29, 1.82) is 0 Å². The fraction of sp³-hybridized carbons (Fsp3) is 0.0741. The molecule has 0 unspecified atom stereocenters. The van der Waals surface area contributed by atoms with E-state index in [9.17, 15) is 21.6 Å². The van der Waals surface area contributed by atoms with Gasteiger partial charge in [-0.2, -0.15) is 0 Å². The van der Waals surface area contributed by atoms with Gasteiger partial charge in [0.2, 0.25) is 0 Å². The van der Waals surface area contributed by atoms with E-state index in [1.807, 2.05) is 24.3 Å². The van der Waals surface area contributed by atoms with Crippen molar-refractivity contribution in [3.8, 4) is 22.3 Å². The number of rotatable bonds is 6. The Bertz CT molecular complexity index is 1430. The van der Waals surface area contributed by atoms with Crippen molar-refractivity contribution in [2.45, 2.75) is 9.79 Å². The van der Waals surface area contributed by atoms with Crippen LogP contribution >= 0.6 is 0 Å². The summed E-state index contributed by atoms with van der Waals surface area (Å²) in [5.74, 6) is -0.113. The van der Waals surface area contributed by atoms with Gasteiger partial charge in [0.15, 0.2) is 25.5 Å². The molecule has 0 fully saturated rings. The minimum atomic E-state index is -3.25. The predicted molar refractivity (Wildman–Crippen MR) is 133 cm³/mol. The van der Waals surface area contributed by atoms with E-state index >= 15 is 0 Å². The van der Waals surface area contributed by atoms with Crippen LogP contribution in [0.1, 0.15) is 15.9 Å². The summed E-state index contributed by atoms with van der Waals surface area (Å²) < 4.78 is 46.5. The summed E-state index contributed by atoms with van der Waals surface area (Å²) in [6.07, 6.45) is 2.34. The summed E-state index contributed by atoms with van der Waals surface area (Å²) in [4.78, 5) is 13.4. The molecule has 0 saturated heterocycles. The highest BCUT2D eigenvalue weighted by Crippen LogP contribution is 2.25. The van der Waals surface area contributed by atoms with Gasteiger partial charge in [-0.15, -0.1) is 0 Å². The summed E-state index contributed by atoms with van der Waals surface area (Å²) in [5.41, 5.74) is 4.56. The van der Waals surface area contributed by atoms with Crippen molar-refractivity contribution in [2.75, 3.05) is 12.5 Å². The van der Waals surface area contributed by atoms with Crippen molar-refractivity contribution in [2.24, 2.45) is 0 Å². The molecule has 5 nitrogen and oxygen atoms in total. The van der Waals surface area contributed by atoms with E-state index in [-0.39, 0.29) is 15.6 Å². The molecular weight excluding hydrogens is 468 g/mol. The van der Waals surface area contributed by atoms with Gasteiger partial charge >= 0.3 is 0 Å². The highest BCUT2D eigenvalue weighted by atomic mass is 32.2. The second-order valence-electron chi connectivity index (χ2n) is 8.08. The summed E-state index contributed by atoms with van der Waals surface area (Å²) in [7, 11) is -6.50. The van der Waals surface area contributed by atoms with Gasteiger partial charge in [-0.3, -0.25) is 4.79 Å². The van der Waals surface area contributed by atoms with E-state index in [4.69, 9.17) is 0 Å². The number of ketones is 1. The molecule has 34 heavy (non-hydrogen) atoms. The largest absolute Gasteiger partial charge is 0.289 e. The SMILES string of the molecule is CS(=O)(=O)c1ccc(-c2ccc(C(=O)c3ccc(-c4ccc(S(C)(=O)=O)cc4)cc3)cc2)cc1. The number of carbonyl (C=O) groups is 1. The Balaban J connectivity index is 1.51. The third kappa shape index (κ3) is 5.16. The number of benzene rings is 4. The van der Waals surface area contributed by atoms with Crippen molar-refractivity contribution in [1.82, 2.24) is 0 Å². The third-order valence-corrected chi connectivity index (χ3v) is 7.78. The van der Waals surface area contributed by atoms with Crippen LogP contribution in [0.15, 0.2) is 107 Å². The number of hydrogen-bond acceptors (Lipinski definition) is 5. The zero-order chi connectivity index (χ0) is 24.5. The van der Waals surface area contributed by atoms with Gasteiger partial charge in [-0.1, -0.05) is 72.8 Å². The Morgan fingerprint density at radius 3 is 0.912 bits per heavy atom. The first kappa shape index (κ1) is 23.6. The molecule has 4 aromatic carbocycles. The van der Waals surface area contributed by atoms with Crippen LogP contribution in [0.3, 0.4) is 0 Å². The number of sulfone groups is 2. The Hall–Kier alpha value is -3.55. The predicted octanol–water partition coefficient (Wildman–Crippen LogP) is 5.06. The lowest BCUT2D eigenvalue weighted by Crippen LogP contribution is -2.01. The highest BCUT2D eigenvalue weighted by Gasteiger charge is 2.12. The van der Waals surface area contributed by atoms with Gasteiger partial charge in [0.05, 0.1) is 9.79 Å². The first-order valence-electron chi connectivity index (χ1n) is 10.4. The standard InChI is InChI=1S/C27H22O5S2/c1-33(29,30)25-15-11-21(12-16-25)19-3-7-23(8-4-19)27(28)24-9-5-20(6-10-24)22-13-17-26(18-14-22)34(2,31)32/h3-18H,1-2H3. The maximum absolute atomic E-state index is 12.9. The molecule has 0 atom stereocenters. The molecule has 0 bridgehead atoms. The first-order chi connectivity index (χ1) is 16.0. The number of hydrogen-bond donors (Lipinski definition) is 0. The van der Waals surface area contributed by atoms with Crippen LogP contribution in [0.25, 0.3) is 22.3 Å². The van der Waals surface area contributed by atoms with Crippen LogP contribution < -0.4 is 0 Å². The Morgan fingerprint density at radius 2 is 0.676 bits per heavy atom. The quantitative estimate of drug-likeness (QED) is 0.353. The molecule has 0 spiro atoms. The lowest BCUT2D eigenvalue weighted by Gasteiger charge is -2.07. The van der Waals surface area contributed by atoms with Crippen LogP contribution in [0, 0.1) is 0 Å².